The fraction of sp³-hybridized carbons (Fsp3) is 0.364. The van der Waals surface area contributed by atoms with Crippen LogP contribution in [0.25, 0.3) is 0 Å². The zero-order chi connectivity index (χ0) is 20.6. The largest absolute Gasteiger partial charge is 0.492 e. The fourth-order valence-corrected chi connectivity index (χ4v) is 3.36. The monoisotopic (exact) mass is 396 g/mol. The van der Waals surface area contributed by atoms with Crippen LogP contribution in [0.4, 0.5) is 16.2 Å². The Bertz CT molecular complexity index is 851. The number of carbonyl (C=O) groups is 2. The summed E-state index contributed by atoms with van der Waals surface area (Å²) in [6.45, 7) is 7.99. The third-order valence-electron chi connectivity index (χ3n) is 4.99. The Morgan fingerprint density at radius 2 is 1.79 bits per heavy atom. The average Bonchev–Trinajstić information content (AvgIpc) is 3.22. The van der Waals surface area contributed by atoms with Crippen molar-refractivity contribution in [3.63, 3.8) is 0 Å². The van der Waals surface area contributed by atoms with Crippen LogP contribution in [0.3, 0.4) is 0 Å². The Morgan fingerprint density at radius 3 is 2.52 bits per heavy atom. The smallest absolute Gasteiger partial charge is 0.323 e. The molecule has 7 heteroatoms. The Kier molecular flexibility index (Phi) is 7.08. The Labute approximate surface area is 171 Å². The molecule has 154 valence electrons. The van der Waals surface area contributed by atoms with Gasteiger partial charge in [0.2, 0.25) is 0 Å². The van der Waals surface area contributed by atoms with E-state index in [0.29, 0.717) is 42.3 Å². The van der Waals surface area contributed by atoms with Crippen LogP contribution in [0.5, 0.6) is 5.75 Å². The Morgan fingerprint density at radius 1 is 1.03 bits per heavy atom. The Hall–Kier alpha value is -3.06. The lowest BCUT2D eigenvalue weighted by Crippen LogP contribution is -2.34. The van der Waals surface area contributed by atoms with Crippen molar-refractivity contribution in [2.24, 2.45) is 0 Å². The summed E-state index contributed by atoms with van der Waals surface area (Å²) in [6.07, 6.45) is 0.650. The number of nitrogens with one attached hydrogen (secondary N) is 3. The third kappa shape index (κ3) is 5.26. The van der Waals surface area contributed by atoms with Gasteiger partial charge in [0.1, 0.15) is 5.75 Å². The van der Waals surface area contributed by atoms with Gasteiger partial charge in [0.05, 0.1) is 12.2 Å². The van der Waals surface area contributed by atoms with Crippen molar-refractivity contribution >= 4 is 23.3 Å². The number of nitrogens with zero attached hydrogens (tertiary/aromatic N) is 1. The molecule has 1 aliphatic rings. The maximum atomic E-state index is 12.6. The van der Waals surface area contributed by atoms with E-state index in [1.54, 1.807) is 12.1 Å². The maximum absolute atomic E-state index is 12.6. The Balaban J connectivity index is 1.66. The molecule has 3 amide bonds. The minimum Gasteiger partial charge on any atom is -0.492 e. The number of likely N-dealkylation sites (N-methyl/N-ethyl adjacent to an activating group) is 1. The summed E-state index contributed by atoms with van der Waals surface area (Å²) in [5.74, 6) is 0.401. The van der Waals surface area contributed by atoms with Crippen LogP contribution in [0.1, 0.15) is 29.8 Å². The van der Waals surface area contributed by atoms with Gasteiger partial charge in [0.15, 0.2) is 0 Å². The van der Waals surface area contributed by atoms with Crippen molar-refractivity contribution in [1.29, 1.82) is 0 Å². The molecule has 1 heterocycles. The molecule has 3 N–H and O–H groups in total. The van der Waals surface area contributed by atoms with Crippen LogP contribution >= 0.6 is 0 Å². The molecule has 0 fully saturated rings. The molecule has 2 aromatic rings. The van der Waals surface area contributed by atoms with E-state index in [-0.39, 0.29) is 11.9 Å². The highest BCUT2D eigenvalue weighted by molar-refractivity contribution is 6.02. The zero-order valence-corrected chi connectivity index (χ0v) is 17.0. The van der Waals surface area contributed by atoms with Gasteiger partial charge in [-0.3, -0.25) is 4.79 Å². The molecule has 0 aliphatic carbocycles. The van der Waals surface area contributed by atoms with Gasteiger partial charge >= 0.3 is 6.03 Å². The highest BCUT2D eigenvalue weighted by atomic mass is 16.5. The van der Waals surface area contributed by atoms with Gasteiger partial charge in [-0.15, -0.1) is 0 Å². The molecule has 29 heavy (non-hydrogen) atoms. The van der Waals surface area contributed by atoms with Crippen molar-refractivity contribution in [2.45, 2.75) is 20.3 Å². The van der Waals surface area contributed by atoms with E-state index < -0.39 is 0 Å². The summed E-state index contributed by atoms with van der Waals surface area (Å²) in [5, 5.41) is 8.62. The molecule has 0 spiro atoms. The van der Waals surface area contributed by atoms with E-state index in [9.17, 15) is 9.59 Å². The van der Waals surface area contributed by atoms with Crippen LogP contribution < -0.4 is 20.7 Å². The summed E-state index contributed by atoms with van der Waals surface area (Å²) in [6, 6.07) is 12.4. The quantitative estimate of drug-likeness (QED) is 0.639. The number of amides is 3. The van der Waals surface area contributed by atoms with Crippen molar-refractivity contribution < 1.29 is 14.3 Å². The number of urea groups is 1. The standard InChI is InChI=1S/C22H28N4O3/c1-3-26(4-2)14-13-23-21(27)18-10-11-19(17-12-15-29-20(17)18)25-22(28)24-16-8-6-5-7-9-16/h5-11H,3-4,12-15H2,1-2H3,(H,23,27)(H2,24,25,28). The summed E-state index contributed by atoms with van der Waals surface area (Å²) < 4.78 is 5.72. The number of carbonyl (C=O) groups excluding carboxylic acids is 2. The number of rotatable bonds is 8. The van der Waals surface area contributed by atoms with E-state index in [1.807, 2.05) is 30.3 Å². The van der Waals surface area contributed by atoms with Gasteiger partial charge < -0.3 is 25.6 Å². The molecule has 0 aromatic heterocycles. The predicted octanol–water partition coefficient (Wildman–Crippen LogP) is 3.34. The summed E-state index contributed by atoms with van der Waals surface area (Å²) in [7, 11) is 0. The van der Waals surface area contributed by atoms with Gasteiger partial charge in [0, 0.05) is 36.4 Å². The molecule has 0 bridgehead atoms. The van der Waals surface area contributed by atoms with E-state index in [2.05, 4.69) is 34.7 Å². The van der Waals surface area contributed by atoms with E-state index in [4.69, 9.17) is 4.74 Å². The van der Waals surface area contributed by atoms with Gasteiger partial charge in [-0.1, -0.05) is 32.0 Å². The highest BCUT2D eigenvalue weighted by Gasteiger charge is 2.24. The fourth-order valence-electron chi connectivity index (χ4n) is 3.36. The van der Waals surface area contributed by atoms with Gasteiger partial charge in [-0.2, -0.15) is 0 Å². The second-order valence-corrected chi connectivity index (χ2v) is 6.79. The molecule has 1 aliphatic heterocycles. The average molecular weight is 396 g/mol. The lowest BCUT2D eigenvalue weighted by Gasteiger charge is -2.18. The van der Waals surface area contributed by atoms with Crippen molar-refractivity contribution in [3.8, 4) is 5.75 Å². The predicted molar refractivity (Wildman–Crippen MR) is 115 cm³/mol. The first-order valence-electron chi connectivity index (χ1n) is 10.0. The number of hydrogen-bond donors (Lipinski definition) is 3. The van der Waals surface area contributed by atoms with Crippen molar-refractivity contribution in [1.82, 2.24) is 10.2 Å². The summed E-state index contributed by atoms with van der Waals surface area (Å²) in [5.41, 5.74) is 2.73. The SMILES string of the molecule is CCN(CC)CCNC(=O)c1ccc(NC(=O)Nc2ccccc2)c2c1OCC2. The normalized spacial score (nSPS) is 12.2. The third-order valence-corrected chi connectivity index (χ3v) is 4.99. The van der Waals surface area contributed by atoms with Gasteiger partial charge in [0.25, 0.3) is 5.91 Å². The first kappa shape index (κ1) is 20.7. The molecular formula is C22H28N4O3. The lowest BCUT2D eigenvalue weighted by atomic mass is 10.0. The highest BCUT2D eigenvalue weighted by Crippen LogP contribution is 2.35. The zero-order valence-electron chi connectivity index (χ0n) is 17.0. The first-order valence-corrected chi connectivity index (χ1v) is 10.0. The van der Waals surface area contributed by atoms with Crippen LogP contribution in [-0.2, 0) is 6.42 Å². The lowest BCUT2D eigenvalue weighted by molar-refractivity contribution is 0.0945. The summed E-state index contributed by atoms with van der Waals surface area (Å²) >= 11 is 0. The first-order chi connectivity index (χ1) is 14.1. The van der Waals surface area contributed by atoms with Crippen LogP contribution in [0.2, 0.25) is 0 Å². The van der Waals surface area contributed by atoms with Gasteiger partial charge in [-0.25, -0.2) is 4.79 Å². The molecule has 0 atom stereocenters. The number of benzene rings is 2. The van der Waals surface area contributed by atoms with Crippen LogP contribution in [0, 0.1) is 0 Å². The maximum Gasteiger partial charge on any atom is 0.323 e. The number of fused-ring (bicyclic) bond motifs is 1. The molecule has 7 nitrogen and oxygen atoms in total. The minimum atomic E-state index is -0.332. The van der Waals surface area contributed by atoms with Crippen molar-refractivity contribution in [3.05, 3.63) is 53.6 Å². The topological polar surface area (TPSA) is 82.7 Å². The molecule has 0 saturated heterocycles. The molecule has 2 aromatic carbocycles. The minimum absolute atomic E-state index is 0.157. The molecular weight excluding hydrogens is 368 g/mol. The van der Waals surface area contributed by atoms with Crippen LogP contribution in [0.15, 0.2) is 42.5 Å². The molecule has 0 radical (unpaired) electrons. The van der Waals surface area contributed by atoms with Crippen molar-refractivity contribution in [2.75, 3.05) is 43.4 Å². The van der Waals surface area contributed by atoms with Gasteiger partial charge in [-0.05, 0) is 37.4 Å². The second kappa shape index (κ2) is 9.93. The number of para-hydroxylation sites is 1. The van der Waals surface area contributed by atoms with E-state index in [0.717, 1.165) is 25.2 Å². The molecule has 0 saturated carbocycles. The molecule has 3 rings (SSSR count). The van der Waals surface area contributed by atoms with Crippen LogP contribution in [-0.4, -0.2) is 49.6 Å². The van der Waals surface area contributed by atoms with E-state index in [1.165, 1.54) is 0 Å². The summed E-state index contributed by atoms with van der Waals surface area (Å²) in [4.78, 5) is 27.2. The molecule has 0 unspecified atom stereocenters. The number of ether oxygens (including phenoxy) is 1. The van der Waals surface area contributed by atoms with E-state index >= 15 is 0 Å². The number of hydrogen-bond acceptors (Lipinski definition) is 4. The number of anilines is 2. The second-order valence-electron chi connectivity index (χ2n) is 6.79.